The molecule has 0 bridgehead atoms. The summed E-state index contributed by atoms with van der Waals surface area (Å²) in [6.07, 6.45) is 0. The van der Waals surface area contributed by atoms with Crippen molar-refractivity contribution in [1.29, 1.82) is 0 Å². The number of nitrogens with two attached hydrogens (primary N) is 1. The molecule has 6 heteroatoms. The van der Waals surface area contributed by atoms with Gasteiger partial charge >= 0.3 is 0 Å². The molecule has 0 amide bonds. The van der Waals surface area contributed by atoms with Gasteiger partial charge in [-0.2, -0.15) is 0 Å². The molecule has 0 aliphatic rings. The Morgan fingerprint density at radius 1 is 1.10 bits per heavy atom. The van der Waals surface area contributed by atoms with Gasteiger partial charge in [0.2, 0.25) is 0 Å². The lowest BCUT2D eigenvalue weighted by Gasteiger charge is -2.18. The van der Waals surface area contributed by atoms with Crippen LogP contribution in [0.5, 0.6) is 0 Å². The fourth-order valence-electron chi connectivity index (χ4n) is 1.99. The summed E-state index contributed by atoms with van der Waals surface area (Å²) in [5.74, 6) is 0. The third-order valence-corrected chi connectivity index (χ3v) is 4.14. The van der Waals surface area contributed by atoms with Crippen molar-refractivity contribution in [2.24, 2.45) is 5.73 Å². The van der Waals surface area contributed by atoms with E-state index in [1.54, 1.807) is 18.2 Å². The molecule has 2 rings (SSSR count). The zero-order chi connectivity index (χ0) is 15.6. The van der Waals surface area contributed by atoms with Crippen LogP contribution in [0.25, 0.3) is 0 Å². The molecule has 3 N–H and O–H groups in total. The molecule has 2 aromatic rings. The maximum Gasteiger partial charge on any atom is 0.105 e. The molecule has 0 aromatic heterocycles. The second-order valence-electron chi connectivity index (χ2n) is 4.59. The zero-order valence-electron chi connectivity index (χ0n) is 11.2. The molecule has 0 aliphatic heterocycles. The predicted octanol–water partition coefficient (Wildman–Crippen LogP) is 5.45. The maximum absolute atomic E-state index is 6.20. The first-order chi connectivity index (χ1) is 9.88. The van der Waals surface area contributed by atoms with Gasteiger partial charge in [-0.25, -0.2) is 0 Å². The Balaban J connectivity index is 2.21. The lowest BCUT2D eigenvalue weighted by Crippen LogP contribution is -2.11. The highest BCUT2D eigenvalue weighted by atomic mass is 35.5. The molecule has 0 saturated heterocycles. The Kier molecular flexibility index (Phi) is 5.33. The smallest absolute Gasteiger partial charge is 0.105 e. The van der Waals surface area contributed by atoms with Gasteiger partial charge in [-0.1, -0.05) is 53.1 Å². The van der Waals surface area contributed by atoms with Crippen LogP contribution >= 0.6 is 47.0 Å². The van der Waals surface area contributed by atoms with Gasteiger partial charge in [-0.15, -0.1) is 0 Å². The SMILES string of the molecule is CC(Nc1ccc(C(N)=S)c(Cl)c1)c1ccc(Cl)cc1Cl. The van der Waals surface area contributed by atoms with Crippen molar-refractivity contribution in [3.63, 3.8) is 0 Å². The normalized spacial score (nSPS) is 12.0. The first-order valence-electron chi connectivity index (χ1n) is 6.19. The highest BCUT2D eigenvalue weighted by molar-refractivity contribution is 7.80. The van der Waals surface area contributed by atoms with Crippen molar-refractivity contribution < 1.29 is 0 Å². The molecule has 1 unspecified atom stereocenters. The third kappa shape index (κ3) is 4.01. The standard InChI is InChI=1S/C15H13Cl3N2S/c1-8(11-4-2-9(16)6-13(11)17)20-10-3-5-12(15(19)21)14(18)7-10/h2-8,20H,1H3,(H2,19,21). The van der Waals surface area contributed by atoms with Gasteiger partial charge in [-0.05, 0) is 42.8 Å². The second-order valence-corrected chi connectivity index (χ2v) is 6.28. The van der Waals surface area contributed by atoms with Crippen LogP contribution < -0.4 is 11.1 Å². The van der Waals surface area contributed by atoms with Crippen LogP contribution in [0.1, 0.15) is 24.1 Å². The van der Waals surface area contributed by atoms with Gasteiger partial charge in [0.15, 0.2) is 0 Å². The number of nitrogens with one attached hydrogen (secondary N) is 1. The van der Waals surface area contributed by atoms with Crippen LogP contribution in [0.15, 0.2) is 36.4 Å². The monoisotopic (exact) mass is 358 g/mol. The van der Waals surface area contributed by atoms with Gasteiger partial charge in [0.1, 0.15) is 4.99 Å². The fourth-order valence-corrected chi connectivity index (χ4v) is 3.07. The summed E-state index contributed by atoms with van der Waals surface area (Å²) in [5, 5.41) is 5.07. The van der Waals surface area contributed by atoms with Crippen molar-refractivity contribution in [3.05, 3.63) is 62.6 Å². The van der Waals surface area contributed by atoms with Gasteiger partial charge in [0.25, 0.3) is 0 Å². The average Bonchev–Trinajstić information content (AvgIpc) is 2.37. The number of rotatable bonds is 4. The minimum absolute atomic E-state index is 0.00140. The molecule has 0 radical (unpaired) electrons. The Morgan fingerprint density at radius 2 is 1.81 bits per heavy atom. The van der Waals surface area contributed by atoms with E-state index >= 15 is 0 Å². The highest BCUT2D eigenvalue weighted by Gasteiger charge is 2.11. The average molecular weight is 360 g/mol. The summed E-state index contributed by atoms with van der Waals surface area (Å²) >= 11 is 23.2. The minimum Gasteiger partial charge on any atom is -0.389 e. The number of anilines is 1. The highest BCUT2D eigenvalue weighted by Crippen LogP contribution is 2.29. The van der Waals surface area contributed by atoms with Crippen LogP contribution in [-0.4, -0.2) is 4.99 Å². The molecule has 0 saturated carbocycles. The van der Waals surface area contributed by atoms with E-state index in [1.807, 2.05) is 25.1 Å². The molecule has 2 aromatic carbocycles. The number of benzene rings is 2. The summed E-state index contributed by atoms with van der Waals surface area (Å²) < 4.78 is 0. The van der Waals surface area contributed by atoms with Crippen molar-refractivity contribution in [3.8, 4) is 0 Å². The molecule has 0 aliphatic carbocycles. The summed E-state index contributed by atoms with van der Waals surface area (Å²) in [6, 6.07) is 10.9. The Bertz CT molecular complexity index is 689. The van der Waals surface area contributed by atoms with E-state index in [-0.39, 0.29) is 11.0 Å². The summed E-state index contributed by atoms with van der Waals surface area (Å²) in [6.45, 7) is 2.00. The molecular formula is C15H13Cl3N2S. The van der Waals surface area contributed by atoms with Crippen molar-refractivity contribution in [2.45, 2.75) is 13.0 Å². The van der Waals surface area contributed by atoms with Gasteiger partial charge in [-0.3, -0.25) is 0 Å². The summed E-state index contributed by atoms with van der Waals surface area (Å²) in [5.41, 5.74) is 8.06. The predicted molar refractivity (Wildman–Crippen MR) is 95.8 cm³/mol. The Hall–Kier alpha value is -1.000. The number of thiocarbonyl (C=S) groups is 1. The fraction of sp³-hybridized carbons (Fsp3) is 0.133. The van der Waals surface area contributed by atoms with Crippen LogP contribution in [0.4, 0.5) is 5.69 Å². The van der Waals surface area contributed by atoms with E-state index < -0.39 is 0 Å². The second kappa shape index (κ2) is 6.84. The van der Waals surface area contributed by atoms with Crippen molar-refractivity contribution in [1.82, 2.24) is 0 Å². The molecule has 0 fully saturated rings. The Morgan fingerprint density at radius 3 is 2.38 bits per heavy atom. The van der Waals surface area contributed by atoms with Crippen molar-refractivity contribution in [2.75, 3.05) is 5.32 Å². The largest absolute Gasteiger partial charge is 0.389 e. The van der Waals surface area contributed by atoms with E-state index in [9.17, 15) is 0 Å². The van der Waals surface area contributed by atoms with Crippen LogP contribution in [-0.2, 0) is 0 Å². The molecule has 1 atom stereocenters. The van der Waals surface area contributed by atoms with E-state index in [0.29, 0.717) is 20.6 Å². The lowest BCUT2D eigenvalue weighted by atomic mass is 10.1. The van der Waals surface area contributed by atoms with E-state index in [2.05, 4.69) is 5.32 Å². The van der Waals surface area contributed by atoms with Crippen molar-refractivity contribution >= 4 is 57.7 Å². The third-order valence-electron chi connectivity index (χ3n) is 3.05. The van der Waals surface area contributed by atoms with Gasteiger partial charge < -0.3 is 11.1 Å². The van der Waals surface area contributed by atoms with Crippen LogP contribution in [0.3, 0.4) is 0 Å². The van der Waals surface area contributed by atoms with Crippen LogP contribution in [0, 0.1) is 0 Å². The molecule has 110 valence electrons. The summed E-state index contributed by atoms with van der Waals surface area (Å²) in [4.78, 5) is 0.278. The Labute approximate surface area is 144 Å². The maximum atomic E-state index is 6.20. The summed E-state index contributed by atoms with van der Waals surface area (Å²) in [7, 11) is 0. The molecular weight excluding hydrogens is 347 g/mol. The number of halogens is 3. The van der Waals surface area contributed by atoms with E-state index in [1.165, 1.54) is 0 Å². The molecule has 2 nitrogen and oxygen atoms in total. The molecule has 21 heavy (non-hydrogen) atoms. The quantitative estimate of drug-likeness (QED) is 0.712. The first kappa shape index (κ1) is 16.4. The lowest BCUT2D eigenvalue weighted by molar-refractivity contribution is 0.885. The number of hydrogen-bond donors (Lipinski definition) is 2. The first-order valence-corrected chi connectivity index (χ1v) is 7.73. The zero-order valence-corrected chi connectivity index (χ0v) is 14.2. The molecule has 0 spiro atoms. The van der Waals surface area contributed by atoms with Crippen LogP contribution in [0.2, 0.25) is 15.1 Å². The van der Waals surface area contributed by atoms with E-state index in [0.717, 1.165) is 11.3 Å². The van der Waals surface area contributed by atoms with Gasteiger partial charge in [0.05, 0.1) is 5.02 Å². The topological polar surface area (TPSA) is 38.0 Å². The minimum atomic E-state index is 0.00140. The number of hydrogen-bond acceptors (Lipinski definition) is 2. The van der Waals surface area contributed by atoms with Gasteiger partial charge in [0, 0.05) is 27.3 Å². The molecule has 0 heterocycles. The van der Waals surface area contributed by atoms with E-state index in [4.69, 9.17) is 52.8 Å².